The fourth-order valence-corrected chi connectivity index (χ4v) is 3.07. The maximum absolute atomic E-state index is 14.6. The lowest BCUT2D eigenvalue weighted by atomic mass is 10.0. The number of pyridine rings is 1. The minimum absolute atomic E-state index is 0.104. The van der Waals surface area contributed by atoms with E-state index in [1.54, 1.807) is 12.1 Å². The molecular weight excluding hydrogens is 366 g/mol. The number of aromatic hydroxyl groups is 1. The van der Waals surface area contributed by atoms with Gasteiger partial charge >= 0.3 is 5.97 Å². The van der Waals surface area contributed by atoms with Gasteiger partial charge in [0.25, 0.3) is 0 Å². The number of benzene rings is 2. The molecule has 0 aliphatic heterocycles. The molecule has 1 aliphatic rings. The molecule has 0 amide bonds. The zero-order valence-corrected chi connectivity index (χ0v) is 14.6. The Balaban J connectivity index is 1.71. The molecule has 0 atom stereocenters. The van der Waals surface area contributed by atoms with Crippen LogP contribution in [-0.2, 0) is 0 Å². The zero-order chi connectivity index (χ0) is 19.8. The van der Waals surface area contributed by atoms with E-state index in [0.717, 1.165) is 30.5 Å². The molecule has 0 unspecified atom stereocenters. The van der Waals surface area contributed by atoms with Crippen molar-refractivity contribution in [2.75, 3.05) is 5.32 Å². The summed E-state index contributed by atoms with van der Waals surface area (Å²) in [7, 11) is 0. The van der Waals surface area contributed by atoms with E-state index in [-0.39, 0.29) is 28.3 Å². The molecular formula is C21H16F2N2O3. The molecule has 142 valence electrons. The summed E-state index contributed by atoms with van der Waals surface area (Å²) < 4.78 is 29.2. The van der Waals surface area contributed by atoms with Crippen LogP contribution < -0.4 is 5.32 Å². The van der Waals surface area contributed by atoms with E-state index in [4.69, 9.17) is 0 Å². The molecule has 1 saturated carbocycles. The second-order valence-electron chi connectivity index (χ2n) is 6.70. The summed E-state index contributed by atoms with van der Waals surface area (Å²) >= 11 is 0. The molecule has 0 saturated heterocycles. The van der Waals surface area contributed by atoms with Crippen molar-refractivity contribution in [3.63, 3.8) is 0 Å². The average Bonchev–Trinajstić information content (AvgIpc) is 3.50. The van der Waals surface area contributed by atoms with E-state index in [2.05, 4.69) is 10.3 Å². The van der Waals surface area contributed by atoms with Crippen LogP contribution in [0, 0.1) is 11.6 Å². The van der Waals surface area contributed by atoms with Crippen LogP contribution in [0.2, 0.25) is 0 Å². The fourth-order valence-electron chi connectivity index (χ4n) is 3.07. The number of rotatable bonds is 5. The van der Waals surface area contributed by atoms with Crippen LogP contribution in [0.15, 0.2) is 48.7 Å². The van der Waals surface area contributed by atoms with Gasteiger partial charge in [0.05, 0.1) is 0 Å². The van der Waals surface area contributed by atoms with Crippen molar-refractivity contribution in [2.24, 2.45) is 0 Å². The number of nitrogens with zero attached hydrogens (tertiary/aromatic N) is 1. The van der Waals surface area contributed by atoms with E-state index in [9.17, 15) is 23.8 Å². The maximum Gasteiger partial charge on any atom is 0.339 e. The van der Waals surface area contributed by atoms with Gasteiger partial charge in [-0.3, -0.25) is 0 Å². The third-order valence-electron chi connectivity index (χ3n) is 4.69. The number of carboxylic acids is 1. The number of nitrogens with one attached hydrogen (secondary N) is 1. The van der Waals surface area contributed by atoms with Gasteiger partial charge in [0.2, 0.25) is 0 Å². The molecule has 7 heteroatoms. The first-order chi connectivity index (χ1) is 13.4. The molecule has 28 heavy (non-hydrogen) atoms. The van der Waals surface area contributed by atoms with Gasteiger partial charge in [-0.25, -0.2) is 18.6 Å². The van der Waals surface area contributed by atoms with Crippen molar-refractivity contribution in [3.05, 3.63) is 71.4 Å². The van der Waals surface area contributed by atoms with Gasteiger partial charge in [-0.05, 0) is 54.2 Å². The molecule has 5 nitrogen and oxygen atoms in total. The molecule has 2 aromatic carbocycles. The van der Waals surface area contributed by atoms with Gasteiger partial charge in [-0.1, -0.05) is 18.2 Å². The summed E-state index contributed by atoms with van der Waals surface area (Å²) in [6.45, 7) is 0. The van der Waals surface area contributed by atoms with Crippen molar-refractivity contribution in [1.29, 1.82) is 0 Å². The summed E-state index contributed by atoms with van der Waals surface area (Å²) in [5.41, 5.74) is 0.597. The van der Waals surface area contributed by atoms with E-state index in [1.165, 1.54) is 24.4 Å². The quantitative estimate of drug-likeness (QED) is 0.575. The second-order valence-corrected chi connectivity index (χ2v) is 6.70. The lowest BCUT2D eigenvalue weighted by Crippen LogP contribution is -2.08. The maximum atomic E-state index is 14.6. The number of carboxylic acid groups (broad SMARTS) is 1. The summed E-state index contributed by atoms with van der Waals surface area (Å²) in [6, 6.07) is 9.83. The van der Waals surface area contributed by atoms with Crippen LogP contribution >= 0.6 is 0 Å². The third-order valence-corrected chi connectivity index (χ3v) is 4.69. The molecule has 0 radical (unpaired) electrons. The number of phenolic OH excluding ortho intramolecular Hbond substituents is 1. The highest BCUT2D eigenvalue weighted by Crippen LogP contribution is 2.41. The first-order valence-electron chi connectivity index (χ1n) is 8.71. The number of halogens is 2. The Morgan fingerprint density at radius 2 is 1.79 bits per heavy atom. The minimum Gasteiger partial charge on any atom is -0.507 e. The van der Waals surface area contributed by atoms with Gasteiger partial charge in [-0.15, -0.1) is 0 Å². The predicted octanol–water partition coefficient (Wildman–Crippen LogP) is 5.05. The van der Waals surface area contributed by atoms with Crippen molar-refractivity contribution < 1.29 is 23.8 Å². The van der Waals surface area contributed by atoms with Crippen LogP contribution in [0.1, 0.15) is 34.7 Å². The molecule has 0 bridgehead atoms. The Labute approximate surface area is 159 Å². The lowest BCUT2D eigenvalue weighted by molar-refractivity contribution is 0.0697. The summed E-state index contributed by atoms with van der Waals surface area (Å²) in [5, 5.41) is 21.8. The minimum atomic E-state index is -1.23. The summed E-state index contributed by atoms with van der Waals surface area (Å²) in [4.78, 5) is 15.6. The first kappa shape index (κ1) is 17.9. The lowest BCUT2D eigenvalue weighted by Gasteiger charge is -2.13. The Morgan fingerprint density at radius 1 is 1.11 bits per heavy atom. The first-order valence-corrected chi connectivity index (χ1v) is 8.71. The van der Waals surface area contributed by atoms with Gasteiger partial charge in [0, 0.05) is 11.8 Å². The van der Waals surface area contributed by atoms with E-state index in [1.807, 2.05) is 0 Å². The topological polar surface area (TPSA) is 82.5 Å². The van der Waals surface area contributed by atoms with Gasteiger partial charge < -0.3 is 15.5 Å². The Bertz CT molecular complexity index is 1060. The SMILES string of the molecule is O=C(O)c1cc(C2CC2)cnc1Nc1c(F)cc(-c2ccccc2O)cc1F. The van der Waals surface area contributed by atoms with E-state index < -0.39 is 23.3 Å². The van der Waals surface area contributed by atoms with Crippen LogP contribution in [0.5, 0.6) is 5.75 Å². The normalized spacial score (nSPS) is 13.4. The Hall–Kier alpha value is -3.48. The summed E-state index contributed by atoms with van der Waals surface area (Å²) in [6.07, 6.45) is 3.48. The highest BCUT2D eigenvalue weighted by atomic mass is 19.1. The van der Waals surface area contributed by atoms with Crippen molar-refractivity contribution in [2.45, 2.75) is 18.8 Å². The average molecular weight is 382 g/mol. The molecule has 1 fully saturated rings. The van der Waals surface area contributed by atoms with Crippen molar-refractivity contribution in [1.82, 2.24) is 4.98 Å². The largest absolute Gasteiger partial charge is 0.507 e. The number of aromatic carboxylic acids is 1. The molecule has 1 aromatic heterocycles. The van der Waals surface area contributed by atoms with Gasteiger partial charge in [-0.2, -0.15) is 0 Å². The molecule has 3 N–H and O–H groups in total. The monoisotopic (exact) mass is 382 g/mol. The summed E-state index contributed by atoms with van der Waals surface area (Å²) in [5.74, 6) is -3.03. The van der Waals surface area contributed by atoms with E-state index in [0.29, 0.717) is 5.92 Å². The number of aromatic nitrogens is 1. The number of anilines is 2. The second kappa shape index (κ2) is 6.92. The Kier molecular flexibility index (Phi) is 4.43. The smallest absolute Gasteiger partial charge is 0.339 e. The fraction of sp³-hybridized carbons (Fsp3) is 0.143. The van der Waals surface area contributed by atoms with Crippen LogP contribution in [0.25, 0.3) is 11.1 Å². The zero-order valence-electron chi connectivity index (χ0n) is 14.6. The van der Waals surface area contributed by atoms with Crippen LogP contribution in [0.4, 0.5) is 20.3 Å². The Morgan fingerprint density at radius 3 is 2.39 bits per heavy atom. The number of carbonyl (C=O) groups is 1. The van der Waals surface area contributed by atoms with E-state index >= 15 is 0 Å². The highest BCUT2D eigenvalue weighted by molar-refractivity contribution is 5.94. The molecule has 1 heterocycles. The number of hydrogen-bond acceptors (Lipinski definition) is 4. The van der Waals surface area contributed by atoms with Gasteiger partial charge in [0.1, 0.15) is 34.5 Å². The number of hydrogen-bond donors (Lipinski definition) is 3. The highest BCUT2D eigenvalue weighted by Gasteiger charge is 2.26. The number of phenols is 1. The third kappa shape index (κ3) is 3.38. The standard InChI is InChI=1S/C21H16F2N2O3/c22-16-8-12(14-3-1-2-4-18(14)26)9-17(23)19(16)25-20-15(21(27)28)7-13(10-24-20)11-5-6-11/h1-4,7-11,26H,5-6H2,(H,24,25)(H,27,28). The predicted molar refractivity (Wildman–Crippen MR) is 99.9 cm³/mol. The van der Waals surface area contributed by atoms with Crippen LogP contribution in [0.3, 0.4) is 0 Å². The molecule has 4 rings (SSSR count). The molecule has 3 aromatic rings. The van der Waals surface area contributed by atoms with Crippen LogP contribution in [-0.4, -0.2) is 21.2 Å². The van der Waals surface area contributed by atoms with Crippen molar-refractivity contribution in [3.8, 4) is 16.9 Å². The van der Waals surface area contributed by atoms with Crippen molar-refractivity contribution >= 4 is 17.5 Å². The molecule has 1 aliphatic carbocycles. The number of para-hydroxylation sites is 1. The molecule has 0 spiro atoms. The van der Waals surface area contributed by atoms with Gasteiger partial charge in [0.15, 0.2) is 0 Å².